The number of nitrogens with one attached hydrogen (secondary N) is 2. The van der Waals surface area contributed by atoms with Crippen LogP contribution >= 0.6 is 0 Å². The predicted octanol–water partition coefficient (Wildman–Crippen LogP) is 2.09. The lowest BCUT2D eigenvalue weighted by atomic mass is 10.1. The van der Waals surface area contributed by atoms with Crippen LogP contribution in [0.3, 0.4) is 0 Å². The van der Waals surface area contributed by atoms with E-state index in [1.807, 2.05) is 31.2 Å². The summed E-state index contributed by atoms with van der Waals surface area (Å²) in [6, 6.07) is 14.5. The molecular formula is C17H19N3O2. The average Bonchev–Trinajstić information content (AvgIpc) is 2.52. The van der Waals surface area contributed by atoms with E-state index in [0.717, 1.165) is 11.1 Å². The van der Waals surface area contributed by atoms with E-state index in [1.54, 1.807) is 24.3 Å². The number of hydrogen-bond donors (Lipinski definition) is 3. The van der Waals surface area contributed by atoms with Crippen LogP contribution in [0.4, 0.5) is 4.79 Å². The van der Waals surface area contributed by atoms with E-state index in [9.17, 15) is 9.59 Å². The van der Waals surface area contributed by atoms with Gasteiger partial charge in [-0.25, -0.2) is 4.79 Å². The van der Waals surface area contributed by atoms with E-state index in [2.05, 4.69) is 10.6 Å². The second-order valence-electron chi connectivity index (χ2n) is 5.08. The summed E-state index contributed by atoms with van der Waals surface area (Å²) >= 11 is 0. The quantitative estimate of drug-likeness (QED) is 0.789. The molecule has 0 aliphatic carbocycles. The molecule has 114 valence electrons. The van der Waals surface area contributed by atoms with Gasteiger partial charge in [0.2, 0.25) is 0 Å². The van der Waals surface area contributed by atoms with Crippen molar-refractivity contribution in [3.63, 3.8) is 0 Å². The molecule has 0 heterocycles. The van der Waals surface area contributed by atoms with Crippen LogP contribution in [-0.4, -0.2) is 11.9 Å². The molecule has 0 unspecified atom stereocenters. The van der Waals surface area contributed by atoms with Gasteiger partial charge >= 0.3 is 6.03 Å². The first kappa shape index (κ1) is 15.6. The van der Waals surface area contributed by atoms with Crippen LogP contribution < -0.4 is 16.4 Å². The van der Waals surface area contributed by atoms with Gasteiger partial charge in [0, 0.05) is 18.7 Å². The summed E-state index contributed by atoms with van der Waals surface area (Å²) < 4.78 is 0. The fourth-order valence-electron chi connectivity index (χ4n) is 1.95. The number of amides is 3. The zero-order valence-corrected chi connectivity index (χ0v) is 12.4. The van der Waals surface area contributed by atoms with Gasteiger partial charge in [-0.2, -0.15) is 0 Å². The molecule has 0 fully saturated rings. The average molecular weight is 297 g/mol. The Morgan fingerprint density at radius 2 is 1.36 bits per heavy atom. The molecule has 0 atom stereocenters. The summed E-state index contributed by atoms with van der Waals surface area (Å²) in [4.78, 5) is 22.7. The second kappa shape index (κ2) is 7.26. The fraction of sp³-hybridized carbons (Fsp3) is 0.176. The predicted molar refractivity (Wildman–Crippen MR) is 85.2 cm³/mol. The maximum absolute atomic E-state index is 12.1. The normalized spacial score (nSPS) is 10.0. The van der Waals surface area contributed by atoms with Gasteiger partial charge < -0.3 is 16.4 Å². The van der Waals surface area contributed by atoms with E-state index in [0.29, 0.717) is 18.7 Å². The second-order valence-corrected chi connectivity index (χ2v) is 5.08. The Bertz CT molecular complexity index is 649. The Kier molecular flexibility index (Phi) is 5.14. The summed E-state index contributed by atoms with van der Waals surface area (Å²) in [6.07, 6.45) is 0. The molecule has 0 spiro atoms. The highest BCUT2D eigenvalue weighted by molar-refractivity contribution is 5.94. The van der Waals surface area contributed by atoms with Gasteiger partial charge in [0.25, 0.3) is 5.91 Å². The molecule has 2 aromatic rings. The molecule has 0 aliphatic heterocycles. The Morgan fingerprint density at radius 3 is 1.91 bits per heavy atom. The van der Waals surface area contributed by atoms with Crippen molar-refractivity contribution in [3.8, 4) is 0 Å². The highest BCUT2D eigenvalue weighted by atomic mass is 16.2. The van der Waals surface area contributed by atoms with Crippen molar-refractivity contribution in [2.75, 3.05) is 0 Å². The van der Waals surface area contributed by atoms with Crippen molar-refractivity contribution in [3.05, 3.63) is 70.8 Å². The molecule has 2 rings (SSSR count). The van der Waals surface area contributed by atoms with Crippen LogP contribution in [0.2, 0.25) is 0 Å². The molecule has 5 nitrogen and oxygen atoms in total. The Hall–Kier alpha value is -2.82. The van der Waals surface area contributed by atoms with Gasteiger partial charge in [0.1, 0.15) is 0 Å². The molecule has 5 heteroatoms. The molecule has 0 saturated carbocycles. The van der Waals surface area contributed by atoms with Crippen LogP contribution in [0.25, 0.3) is 0 Å². The Labute approximate surface area is 129 Å². The van der Waals surface area contributed by atoms with Crippen molar-refractivity contribution >= 4 is 11.9 Å². The van der Waals surface area contributed by atoms with E-state index >= 15 is 0 Å². The smallest absolute Gasteiger partial charge is 0.312 e. The number of nitrogens with two attached hydrogens (primary N) is 1. The number of benzene rings is 2. The van der Waals surface area contributed by atoms with Crippen LogP contribution in [0, 0.1) is 6.92 Å². The monoisotopic (exact) mass is 297 g/mol. The molecule has 0 aromatic heterocycles. The van der Waals surface area contributed by atoms with E-state index < -0.39 is 6.03 Å². The first-order chi connectivity index (χ1) is 10.5. The van der Waals surface area contributed by atoms with Crippen LogP contribution in [0.5, 0.6) is 0 Å². The SMILES string of the molecule is Cc1ccc(CNC(=O)c2ccc(CNC(N)=O)cc2)cc1. The molecule has 3 amide bonds. The Morgan fingerprint density at radius 1 is 0.864 bits per heavy atom. The lowest BCUT2D eigenvalue weighted by Crippen LogP contribution is -2.28. The summed E-state index contributed by atoms with van der Waals surface area (Å²) in [5.74, 6) is -0.130. The number of carbonyl (C=O) groups is 2. The van der Waals surface area contributed by atoms with Gasteiger partial charge in [-0.15, -0.1) is 0 Å². The van der Waals surface area contributed by atoms with Crippen molar-refractivity contribution in [2.24, 2.45) is 5.73 Å². The zero-order valence-electron chi connectivity index (χ0n) is 12.4. The number of aryl methyl sites for hydroxylation is 1. The minimum absolute atomic E-state index is 0.130. The van der Waals surface area contributed by atoms with Crippen LogP contribution in [-0.2, 0) is 13.1 Å². The number of hydrogen-bond acceptors (Lipinski definition) is 2. The van der Waals surface area contributed by atoms with E-state index in [1.165, 1.54) is 5.56 Å². The molecule has 0 radical (unpaired) electrons. The molecule has 22 heavy (non-hydrogen) atoms. The van der Waals surface area contributed by atoms with Gasteiger partial charge in [0.05, 0.1) is 0 Å². The third-order valence-corrected chi connectivity index (χ3v) is 3.26. The largest absolute Gasteiger partial charge is 0.352 e. The molecule has 0 aliphatic rings. The van der Waals surface area contributed by atoms with E-state index in [4.69, 9.17) is 5.73 Å². The number of primary amides is 1. The highest BCUT2D eigenvalue weighted by Gasteiger charge is 2.05. The van der Waals surface area contributed by atoms with Gasteiger partial charge in [-0.1, -0.05) is 42.0 Å². The number of carbonyl (C=O) groups excluding carboxylic acids is 2. The molecule has 0 bridgehead atoms. The molecule has 0 saturated heterocycles. The van der Waals surface area contributed by atoms with Gasteiger partial charge in [-0.05, 0) is 30.2 Å². The molecular weight excluding hydrogens is 278 g/mol. The van der Waals surface area contributed by atoms with Gasteiger partial charge in [-0.3, -0.25) is 4.79 Å². The number of urea groups is 1. The number of rotatable bonds is 5. The minimum atomic E-state index is -0.570. The highest BCUT2D eigenvalue weighted by Crippen LogP contribution is 2.06. The van der Waals surface area contributed by atoms with Crippen molar-refractivity contribution in [2.45, 2.75) is 20.0 Å². The van der Waals surface area contributed by atoms with Crippen molar-refractivity contribution in [1.82, 2.24) is 10.6 Å². The summed E-state index contributed by atoms with van der Waals surface area (Å²) in [5.41, 5.74) is 8.72. The summed E-state index contributed by atoms with van der Waals surface area (Å²) in [5, 5.41) is 5.38. The first-order valence-corrected chi connectivity index (χ1v) is 7.00. The summed E-state index contributed by atoms with van der Waals surface area (Å²) in [6.45, 7) is 2.86. The lowest BCUT2D eigenvalue weighted by Gasteiger charge is -2.07. The molecule has 4 N–H and O–H groups in total. The maximum atomic E-state index is 12.1. The topological polar surface area (TPSA) is 84.2 Å². The van der Waals surface area contributed by atoms with Crippen molar-refractivity contribution in [1.29, 1.82) is 0 Å². The fourth-order valence-corrected chi connectivity index (χ4v) is 1.95. The minimum Gasteiger partial charge on any atom is -0.352 e. The van der Waals surface area contributed by atoms with Crippen LogP contribution in [0.1, 0.15) is 27.0 Å². The standard InChI is InChI=1S/C17H19N3O2/c1-12-2-4-13(5-3-12)10-19-16(21)15-8-6-14(7-9-15)11-20-17(18)22/h2-9H,10-11H2,1H3,(H,19,21)(H3,18,20,22). The summed E-state index contributed by atoms with van der Waals surface area (Å²) in [7, 11) is 0. The van der Waals surface area contributed by atoms with E-state index in [-0.39, 0.29) is 5.91 Å². The lowest BCUT2D eigenvalue weighted by molar-refractivity contribution is 0.0951. The Balaban J connectivity index is 1.89. The van der Waals surface area contributed by atoms with Crippen molar-refractivity contribution < 1.29 is 9.59 Å². The molecule has 2 aromatic carbocycles. The third-order valence-electron chi connectivity index (χ3n) is 3.26. The third kappa shape index (κ3) is 4.63. The maximum Gasteiger partial charge on any atom is 0.312 e. The van der Waals surface area contributed by atoms with Crippen LogP contribution in [0.15, 0.2) is 48.5 Å². The first-order valence-electron chi connectivity index (χ1n) is 7.00. The zero-order chi connectivity index (χ0) is 15.9. The van der Waals surface area contributed by atoms with Gasteiger partial charge in [0.15, 0.2) is 0 Å².